The Hall–Kier alpha value is -0.430. The molecule has 88 valence electrons. The Morgan fingerprint density at radius 3 is 3.06 bits per heavy atom. The molecule has 4 nitrogen and oxygen atoms in total. The van der Waals surface area contributed by atoms with E-state index in [4.69, 9.17) is 4.74 Å². The van der Waals surface area contributed by atoms with Crippen LogP contribution in [0.25, 0.3) is 0 Å². The van der Waals surface area contributed by atoms with Crippen molar-refractivity contribution >= 4 is 22.6 Å². The highest BCUT2D eigenvalue weighted by Crippen LogP contribution is 2.16. The minimum Gasteiger partial charge on any atom is -0.381 e. The average Bonchev–Trinajstić information content (AvgIpc) is 2.76. The molecule has 0 amide bonds. The number of aryl methyl sites for hydroxylation is 1. The molecule has 16 heavy (non-hydrogen) atoms. The van der Waals surface area contributed by atoms with E-state index in [1.807, 2.05) is 6.92 Å². The standard InChI is InChI=1S/C11H15IN2O2/c1-2-8-10(12)11(15)14-9(13-8)5-7-3-4-16-6-7/h7H,2-6H2,1H3,(H,13,14,15). The first-order chi connectivity index (χ1) is 7.70. The van der Waals surface area contributed by atoms with E-state index in [2.05, 4.69) is 32.6 Å². The second kappa shape index (κ2) is 5.27. The summed E-state index contributed by atoms with van der Waals surface area (Å²) in [7, 11) is 0. The lowest BCUT2D eigenvalue weighted by Crippen LogP contribution is -2.19. The van der Waals surface area contributed by atoms with Gasteiger partial charge in [-0.2, -0.15) is 0 Å². The molecule has 2 heterocycles. The van der Waals surface area contributed by atoms with Crippen LogP contribution in [0.4, 0.5) is 0 Å². The Morgan fingerprint density at radius 1 is 1.62 bits per heavy atom. The number of halogens is 1. The summed E-state index contributed by atoms with van der Waals surface area (Å²) in [4.78, 5) is 19.0. The van der Waals surface area contributed by atoms with Crippen molar-refractivity contribution < 1.29 is 4.74 Å². The topological polar surface area (TPSA) is 55.0 Å². The van der Waals surface area contributed by atoms with Gasteiger partial charge >= 0.3 is 0 Å². The van der Waals surface area contributed by atoms with Crippen molar-refractivity contribution in [1.29, 1.82) is 0 Å². The molecule has 0 saturated carbocycles. The summed E-state index contributed by atoms with van der Waals surface area (Å²) >= 11 is 2.06. The van der Waals surface area contributed by atoms with Crippen LogP contribution in [0, 0.1) is 9.49 Å². The van der Waals surface area contributed by atoms with Crippen LogP contribution in [0.1, 0.15) is 24.9 Å². The summed E-state index contributed by atoms with van der Waals surface area (Å²) < 4.78 is 6.03. The van der Waals surface area contributed by atoms with Crippen LogP contribution in [0.3, 0.4) is 0 Å². The molecule has 1 unspecified atom stereocenters. The number of nitrogens with one attached hydrogen (secondary N) is 1. The first kappa shape index (κ1) is 12.0. The van der Waals surface area contributed by atoms with Gasteiger partial charge in [-0.25, -0.2) is 4.98 Å². The van der Waals surface area contributed by atoms with Gasteiger partial charge in [-0.1, -0.05) is 6.92 Å². The third-order valence-corrected chi connectivity index (χ3v) is 3.93. The van der Waals surface area contributed by atoms with Crippen molar-refractivity contribution in [2.75, 3.05) is 13.2 Å². The van der Waals surface area contributed by atoms with Crippen LogP contribution >= 0.6 is 22.6 Å². The highest BCUT2D eigenvalue weighted by Gasteiger charge is 2.18. The first-order valence-electron chi connectivity index (χ1n) is 5.56. The van der Waals surface area contributed by atoms with Crippen molar-refractivity contribution in [3.63, 3.8) is 0 Å². The lowest BCUT2D eigenvalue weighted by molar-refractivity contribution is 0.185. The second-order valence-electron chi connectivity index (χ2n) is 4.06. The summed E-state index contributed by atoms with van der Waals surface area (Å²) in [5, 5.41) is 0. The van der Waals surface area contributed by atoms with Crippen LogP contribution in [0.2, 0.25) is 0 Å². The molecule has 1 saturated heterocycles. The van der Waals surface area contributed by atoms with Crippen LogP contribution in [0.15, 0.2) is 4.79 Å². The number of ether oxygens (including phenoxy) is 1. The molecule has 0 aromatic carbocycles. The van der Waals surface area contributed by atoms with Gasteiger partial charge in [-0.15, -0.1) is 0 Å². The van der Waals surface area contributed by atoms with Crippen LogP contribution in [0.5, 0.6) is 0 Å². The van der Waals surface area contributed by atoms with Gasteiger partial charge in [-0.05, 0) is 41.4 Å². The van der Waals surface area contributed by atoms with E-state index in [-0.39, 0.29) is 5.56 Å². The molecule has 0 bridgehead atoms. The third kappa shape index (κ3) is 2.63. The van der Waals surface area contributed by atoms with Gasteiger partial charge in [-0.3, -0.25) is 4.79 Å². The lowest BCUT2D eigenvalue weighted by atomic mass is 10.0. The van der Waals surface area contributed by atoms with E-state index in [1.54, 1.807) is 0 Å². The summed E-state index contributed by atoms with van der Waals surface area (Å²) in [5.41, 5.74) is 0.889. The SMILES string of the molecule is CCc1nc(CC2CCOC2)[nH]c(=O)c1I. The fourth-order valence-corrected chi connectivity index (χ4v) is 2.54. The van der Waals surface area contributed by atoms with Gasteiger partial charge in [0.2, 0.25) is 0 Å². The Bertz CT molecular complexity index is 424. The maximum Gasteiger partial charge on any atom is 0.264 e. The maximum absolute atomic E-state index is 11.7. The molecule has 1 aliphatic rings. The molecular weight excluding hydrogens is 319 g/mol. The highest BCUT2D eigenvalue weighted by atomic mass is 127. The lowest BCUT2D eigenvalue weighted by Gasteiger charge is -2.08. The zero-order valence-corrected chi connectivity index (χ0v) is 11.4. The minimum atomic E-state index is -0.0126. The van der Waals surface area contributed by atoms with Gasteiger partial charge in [0, 0.05) is 19.6 Å². The van der Waals surface area contributed by atoms with E-state index in [9.17, 15) is 4.79 Å². The van der Waals surface area contributed by atoms with Crippen LogP contribution in [-0.2, 0) is 17.6 Å². The molecule has 1 atom stereocenters. The predicted octanol–water partition coefficient (Wildman–Crippen LogP) is 1.52. The quantitative estimate of drug-likeness (QED) is 0.853. The molecule has 1 aromatic rings. The molecule has 1 fully saturated rings. The predicted molar refractivity (Wildman–Crippen MR) is 69.6 cm³/mol. The van der Waals surface area contributed by atoms with E-state index >= 15 is 0 Å². The highest BCUT2D eigenvalue weighted by molar-refractivity contribution is 14.1. The van der Waals surface area contributed by atoms with E-state index in [1.165, 1.54) is 0 Å². The number of rotatable bonds is 3. The van der Waals surface area contributed by atoms with Crippen LogP contribution in [-0.4, -0.2) is 23.2 Å². The van der Waals surface area contributed by atoms with Gasteiger partial charge in [0.15, 0.2) is 0 Å². The zero-order valence-electron chi connectivity index (χ0n) is 9.25. The number of aromatic amines is 1. The number of nitrogens with zero attached hydrogens (tertiary/aromatic N) is 1. The molecule has 5 heteroatoms. The Balaban J connectivity index is 2.20. The molecule has 1 aliphatic heterocycles. The minimum absolute atomic E-state index is 0.0126. The normalized spacial score (nSPS) is 20.2. The van der Waals surface area contributed by atoms with E-state index in [0.717, 1.165) is 44.0 Å². The van der Waals surface area contributed by atoms with Gasteiger partial charge in [0.1, 0.15) is 5.82 Å². The number of H-pyrrole nitrogens is 1. The van der Waals surface area contributed by atoms with Gasteiger partial charge in [0.05, 0.1) is 9.26 Å². The maximum atomic E-state index is 11.7. The summed E-state index contributed by atoms with van der Waals surface area (Å²) in [5.74, 6) is 1.31. The van der Waals surface area contributed by atoms with Crippen molar-refractivity contribution in [2.24, 2.45) is 5.92 Å². The molecule has 1 aromatic heterocycles. The Labute approximate surface area is 108 Å². The number of aromatic nitrogens is 2. The molecule has 0 aliphatic carbocycles. The van der Waals surface area contributed by atoms with Gasteiger partial charge < -0.3 is 9.72 Å². The molecule has 2 rings (SSSR count). The monoisotopic (exact) mass is 334 g/mol. The molecular formula is C11H15IN2O2. The number of hydrogen-bond acceptors (Lipinski definition) is 3. The molecule has 0 spiro atoms. The fourth-order valence-electron chi connectivity index (χ4n) is 1.91. The van der Waals surface area contributed by atoms with Gasteiger partial charge in [0.25, 0.3) is 5.56 Å². The number of hydrogen-bond donors (Lipinski definition) is 1. The largest absolute Gasteiger partial charge is 0.381 e. The van der Waals surface area contributed by atoms with Crippen LogP contribution < -0.4 is 5.56 Å². The summed E-state index contributed by atoms with van der Waals surface area (Å²) in [6, 6.07) is 0. The third-order valence-electron chi connectivity index (χ3n) is 2.82. The zero-order chi connectivity index (χ0) is 11.5. The second-order valence-corrected chi connectivity index (χ2v) is 5.14. The summed E-state index contributed by atoms with van der Waals surface area (Å²) in [6.45, 7) is 3.64. The van der Waals surface area contributed by atoms with E-state index in [0.29, 0.717) is 9.49 Å². The fraction of sp³-hybridized carbons (Fsp3) is 0.636. The average molecular weight is 334 g/mol. The van der Waals surface area contributed by atoms with E-state index < -0.39 is 0 Å². The van der Waals surface area contributed by atoms with Crippen molar-refractivity contribution in [3.05, 3.63) is 25.4 Å². The summed E-state index contributed by atoms with van der Waals surface area (Å²) in [6.07, 6.45) is 2.69. The molecule has 1 N–H and O–H groups in total. The Morgan fingerprint density at radius 2 is 2.44 bits per heavy atom. The van der Waals surface area contributed by atoms with Crippen molar-refractivity contribution in [3.8, 4) is 0 Å². The smallest absolute Gasteiger partial charge is 0.264 e. The van der Waals surface area contributed by atoms with Crippen molar-refractivity contribution in [1.82, 2.24) is 9.97 Å². The molecule has 0 radical (unpaired) electrons. The first-order valence-corrected chi connectivity index (χ1v) is 6.64. The van der Waals surface area contributed by atoms with Crippen molar-refractivity contribution in [2.45, 2.75) is 26.2 Å². The Kier molecular flexibility index (Phi) is 3.96.